The van der Waals surface area contributed by atoms with Crippen molar-refractivity contribution in [3.63, 3.8) is 0 Å². The van der Waals surface area contributed by atoms with E-state index in [0.29, 0.717) is 36.0 Å². The van der Waals surface area contributed by atoms with Gasteiger partial charge in [-0.25, -0.2) is 4.79 Å². The molecule has 27 heavy (non-hydrogen) atoms. The van der Waals surface area contributed by atoms with Crippen LogP contribution in [0.3, 0.4) is 0 Å². The maximum absolute atomic E-state index is 12.2. The average Bonchev–Trinajstić information content (AvgIpc) is 2.88. The van der Waals surface area contributed by atoms with Crippen LogP contribution in [0, 0.1) is 23.2 Å². The third-order valence-electron chi connectivity index (χ3n) is 7.49. The summed E-state index contributed by atoms with van der Waals surface area (Å²) in [6.45, 7) is 8.13. The largest absolute Gasteiger partial charge is 0.446 e. The molecule has 2 bridgehead atoms. The number of ketones is 1. The Morgan fingerprint density at radius 3 is 2.63 bits per heavy atom. The van der Waals surface area contributed by atoms with Gasteiger partial charge in [-0.05, 0) is 36.0 Å². The van der Waals surface area contributed by atoms with Crippen LogP contribution in [-0.4, -0.2) is 35.5 Å². The van der Waals surface area contributed by atoms with Gasteiger partial charge in [0.05, 0.1) is 6.10 Å². The molecule has 1 spiro atoms. The molecule has 0 aromatic rings. The summed E-state index contributed by atoms with van der Waals surface area (Å²) in [6.07, 6.45) is 4.23. The summed E-state index contributed by atoms with van der Waals surface area (Å²) in [5, 5.41) is 0. The molecule has 4 saturated carbocycles. The average molecular weight is 376 g/mol. The van der Waals surface area contributed by atoms with E-state index in [4.69, 9.17) is 14.2 Å². The van der Waals surface area contributed by atoms with Crippen molar-refractivity contribution in [2.24, 2.45) is 23.2 Å². The molecule has 148 valence electrons. The Morgan fingerprint density at radius 2 is 2.00 bits per heavy atom. The van der Waals surface area contributed by atoms with Crippen LogP contribution in [0.15, 0.2) is 11.8 Å². The van der Waals surface area contributed by atoms with Gasteiger partial charge < -0.3 is 14.2 Å². The zero-order valence-corrected chi connectivity index (χ0v) is 16.4. The predicted octanol–water partition coefficient (Wildman–Crippen LogP) is 2.94. The number of carbonyl (C=O) groups excluding carboxylic acids is 3. The lowest BCUT2D eigenvalue weighted by molar-refractivity contribution is -0.217. The summed E-state index contributed by atoms with van der Waals surface area (Å²) < 4.78 is 17.1. The lowest BCUT2D eigenvalue weighted by Crippen LogP contribution is -2.59. The number of hydrogen-bond donors (Lipinski definition) is 0. The molecule has 0 amide bonds. The fraction of sp³-hybridized carbons (Fsp3) is 0.762. The lowest BCUT2D eigenvalue weighted by Gasteiger charge is -2.62. The number of carbonyl (C=O) groups is 3. The highest BCUT2D eigenvalue weighted by Gasteiger charge is 2.59. The zero-order chi connectivity index (χ0) is 19.6. The van der Waals surface area contributed by atoms with Gasteiger partial charge in [-0.2, -0.15) is 0 Å². The number of fused-ring (bicyclic) bond motifs is 2. The molecule has 4 aliphatic carbocycles. The second-order valence-electron chi connectivity index (χ2n) is 9.31. The van der Waals surface area contributed by atoms with E-state index in [9.17, 15) is 14.4 Å². The Bertz CT molecular complexity index is 722. The van der Waals surface area contributed by atoms with Gasteiger partial charge in [-0.1, -0.05) is 20.8 Å². The molecule has 1 heterocycles. The predicted molar refractivity (Wildman–Crippen MR) is 95.4 cm³/mol. The number of ether oxygens (including phenoxy) is 3. The first kappa shape index (κ1) is 18.7. The minimum absolute atomic E-state index is 0.0550. The Labute approximate surface area is 159 Å². The van der Waals surface area contributed by atoms with Gasteiger partial charge in [0.15, 0.2) is 5.60 Å². The molecule has 6 heteroatoms. The molecule has 5 aliphatic rings. The number of hydrogen-bond acceptors (Lipinski definition) is 6. The minimum atomic E-state index is -1.01. The van der Waals surface area contributed by atoms with Crippen molar-refractivity contribution in [2.45, 2.75) is 77.6 Å². The molecule has 5 rings (SSSR count). The van der Waals surface area contributed by atoms with Crippen LogP contribution in [0.4, 0.5) is 0 Å². The van der Waals surface area contributed by atoms with Crippen LogP contribution in [0.5, 0.6) is 0 Å². The number of rotatable bonds is 3. The molecule has 0 aromatic carbocycles. The molecule has 0 aromatic heterocycles. The highest BCUT2D eigenvalue weighted by atomic mass is 16.6. The molecule has 0 saturated heterocycles. The van der Waals surface area contributed by atoms with E-state index in [1.54, 1.807) is 6.08 Å². The van der Waals surface area contributed by atoms with E-state index in [1.807, 2.05) is 0 Å². The molecular formula is C21H28O6. The first-order valence-corrected chi connectivity index (χ1v) is 9.94. The van der Waals surface area contributed by atoms with Gasteiger partial charge in [-0.3, -0.25) is 9.59 Å². The van der Waals surface area contributed by atoms with E-state index in [1.165, 1.54) is 13.3 Å². The number of esters is 2. The molecule has 0 unspecified atom stereocenters. The molecule has 1 aliphatic heterocycles. The molecule has 0 radical (unpaired) electrons. The summed E-state index contributed by atoms with van der Waals surface area (Å²) in [6, 6.07) is 0. The topological polar surface area (TPSA) is 78.9 Å². The van der Waals surface area contributed by atoms with Crippen molar-refractivity contribution in [1.29, 1.82) is 0 Å². The van der Waals surface area contributed by atoms with E-state index in [2.05, 4.69) is 20.8 Å². The normalized spacial score (nSPS) is 42.4. The van der Waals surface area contributed by atoms with E-state index >= 15 is 0 Å². The zero-order valence-electron chi connectivity index (χ0n) is 16.4. The standard InChI is InChI=1S/C21H28O6/c1-11-15-7-13(20(15,3)4)8-16(11)26-18-9-14(23)5-6-21(18)10-17(19(24)27-21)25-12(2)22/h10-11,13,15-16,18H,5-9H2,1-4H3/t11-,13-,15+,16-,18+,21-/m0/s1. The van der Waals surface area contributed by atoms with E-state index in [0.717, 1.165) is 6.42 Å². The third kappa shape index (κ3) is 2.93. The minimum Gasteiger partial charge on any atom is -0.446 e. The van der Waals surface area contributed by atoms with Crippen LogP contribution >= 0.6 is 0 Å². The van der Waals surface area contributed by atoms with Crippen LogP contribution in [0.1, 0.15) is 59.8 Å². The Kier molecular flexibility index (Phi) is 4.26. The first-order chi connectivity index (χ1) is 12.6. The smallest absolute Gasteiger partial charge is 0.375 e. The highest BCUT2D eigenvalue weighted by Crippen LogP contribution is 2.62. The van der Waals surface area contributed by atoms with Crippen molar-refractivity contribution >= 4 is 17.7 Å². The monoisotopic (exact) mass is 376 g/mol. The van der Waals surface area contributed by atoms with Gasteiger partial charge in [0.1, 0.15) is 11.9 Å². The van der Waals surface area contributed by atoms with Crippen molar-refractivity contribution in [2.75, 3.05) is 0 Å². The van der Waals surface area contributed by atoms with E-state index < -0.39 is 23.6 Å². The van der Waals surface area contributed by atoms with Crippen LogP contribution < -0.4 is 0 Å². The molecule has 0 N–H and O–H groups in total. The SMILES string of the molecule is CC(=O)OC1=C[C@]2(CCC(=O)C[C@H]2O[C@H]2C[C@@H]3C[C@H]([C@@H]2C)C3(C)C)OC1=O. The van der Waals surface area contributed by atoms with Gasteiger partial charge in [0.2, 0.25) is 5.76 Å². The quantitative estimate of drug-likeness (QED) is 0.705. The van der Waals surface area contributed by atoms with Crippen LogP contribution in [0.2, 0.25) is 0 Å². The van der Waals surface area contributed by atoms with Crippen molar-refractivity contribution in [3.05, 3.63) is 11.8 Å². The third-order valence-corrected chi connectivity index (χ3v) is 7.49. The summed E-state index contributed by atoms with van der Waals surface area (Å²) in [7, 11) is 0. The molecule has 6 nitrogen and oxygen atoms in total. The Balaban J connectivity index is 1.55. The summed E-state index contributed by atoms with van der Waals surface area (Å²) in [5.74, 6) is 0.452. The Morgan fingerprint density at radius 1 is 1.26 bits per heavy atom. The fourth-order valence-corrected chi connectivity index (χ4v) is 5.67. The number of Topliss-reactive ketones (excluding diaryl/α,β-unsaturated/α-hetero) is 1. The molecular weight excluding hydrogens is 348 g/mol. The Hall–Kier alpha value is -1.69. The first-order valence-electron chi connectivity index (χ1n) is 9.94. The summed E-state index contributed by atoms with van der Waals surface area (Å²) in [5.41, 5.74) is -0.659. The summed E-state index contributed by atoms with van der Waals surface area (Å²) in [4.78, 5) is 35.6. The van der Waals surface area contributed by atoms with Gasteiger partial charge in [0, 0.05) is 32.3 Å². The maximum atomic E-state index is 12.2. The van der Waals surface area contributed by atoms with Crippen molar-refractivity contribution < 1.29 is 28.6 Å². The maximum Gasteiger partial charge on any atom is 0.375 e. The summed E-state index contributed by atoms with van der Waals surface area (Å²) >= 11 is 0. The van der Waals surface area contributed by atoms with Gasteiger partial charge in [-0.15, -0.1) is 0 Å². The van der Waals surface area contributed by atoms with Crippen LogP contribution in [0.25, 0.3) is 0 Å². The van der Waals surface area contributed by atoms with Crippen molar-refractivity contribution in [1.82, 2.24) is 0 Å². The lowest BCUT2D eigenvalue weighted by atomic mass is 9.45. The molecule has 6 atom stereocenters. The van der Waals surface area contributed by atoms with Crippen molar-refractivity contribution in [3.8, 4) is 0 Å². The second-order valence-corrected chi connectivity index (χ2v) is 9.31. The van der Waals surface area contributed by atoms with Gasteiger partial charge in [0.25, 0.3) is 0 Å². The van der Waals surface area contributed by atoms with E-state index in [-0.39, 0.29) is 24.1 Å². The fourth-order valence-electron chi connectivity index (χ4n) is 5.67. The molecule has 4 fully saturated rings. The van der Waals surface area contributed by atoms with Crippen LogP contribution in [-0.2, 0) is 28.6 Å². The second kappa shape index (κ2) is 6.16. The van der Waals surface area contributed by atoms with Gasteiger partial charge >= 0.3 is 11.9 Å². The highest BCUT2D eigenvalue weighted by molar-refractivity contribution is 5.92.